The van der Waals surface area contributed by atoms with Gasteiger partial charge >= 0.3 is 0 Å². The van der Waals surface area contributed by atoms with Crippen molar-refractivity contribution in [3.63, 3.8) is 0 Å². The summed E-state index contributed by atoms with van der Waals surface area (Å²) in [4.78, 5) is 0. The predicted octanol–water partition coefficient (Wildman–Crippen LogP) is 2.29. The second kappa shape index (κ2) is 6.31. The van der Waals surface area contributed by atoms with Crippen LogP contribution in [-0.4, -0.2) is 30.8 Å². The van der Waals surface area contributed by atoms with Crippen LogP contribution in [0.25, 0.3) is 0 Å². The van der Waals surface area contributed by atoms with Crippen LogP contribution in [0.3, 0.4) is 0 Å². The molecule has 1 aromatic carbocycles. The third-order valence-electron chi connectivity index (χ3n) is 3.62. The summed E-state index contributed by atoms with van der Waals surface area (Å²) in [7, 11) is 0. The predicted molar refractivity (Wildman–Crippen MR) is 74.4 cm³/mol. The molecule has 20 heavy (non-hydrogen) atoms. The highest BCUT2D eigenvalue weighted by molar-refractivity contribution is 5.43. The lowest BCUT2D eigenvalue weighted by atomic mass is 9.98. The normalized spacial score (nSPS) is 21.4. The Morgan fingerprint density at radius 1 is 1.55 bits per heavy atom. The molecule has 0 aromatic heterocycles. The molecule has 1 aliphatic heterocycles. The molecule has 0 bridgehead atoms. The molecular formula is C15H20FN3O. The summed E-state index contributed by atoms with van der Waals surface area (Å²) in [5.41, 5.74) is 5.40. The van der Waals surface area contributed by atoms with Gasteiger partial charge in [0.15, 0.2) is 0 Å². The van der Waals surface area contributed by atoms with E-state index < -0.39 is 0 Å². The fourth-order valence-corrected chi connectivity index (χ4v) is 2.55. The van der Waals surface area contributed by atoms with Crippen molar-refractivity contribution >= 4 is 0 Å². The van der Waals surface area contributed by atoms with Gasteiger partial charge in [-0.15, -0.1) is 0 Å². The van der Waals surface area contributed by atoms with E-state index in [-0.39, 0.29) is 18.0 Å². The van der Waals surface area contributed by atoms with Crippen LogP contribution in [0.4, 0.5) is 4.39 Å². The Balaban J connectivity index is 2.15. The van der Waals surface area contributed by atoms with E-state index in [0.717, 1.165) is 24.2 Å². The maximum Gasteiger partial charge on any atom is 0.124 e. The van der Waals surface area contributed by atoms with Gasteiger partial charge in [-0.2, -0.15) is 5.26 Å². The minimum absolute atomic E-state index is 0.0527. The fourth-order valence-electron chi connectivity index (χ4n) is 2.55. The lowest BCUT2D eigenvalue weighted by Crippen LogP contribution is -2.49. The minimum Gasteiger partial charge on any atom is -0.376 e. The van der Waals surface area contributed by atoms with Crippen LogP contribution in [0.5, 0.6) is 0 Å². The highest BCUT2D eigenvalue weighted by Crippen LogP contribution is 2.22. The van der Waals surface area contributed by atoms with Gasteiger partial charge < -0.3 is 4.74 Å². The molecule has 108 valence electrons. The largest absolute Gasteiger partial charge is 0.376 e. The molecule has 1 heterocycles. The molecular weight excluding hydrogens is 257 g/mol. The molecule has 1 N–H and O–H groups in total. The molecule has 2 atom stereocenters. The van der Waals surface area contributed by atoms with Crippen molar-refractivity contribution in [2.75, 3.05) is 19.7 Å². The monoisotopic (exact) mass is 277 g/mol. The van der Waals surface area contributed by atoms with Crippen molar-refractivity contribution < 1.29 is 9.13 Å². The first-order valence-corrected chi connectivity index (χ1v) is 6.84. The fraction of sp³-hybridized carbons (Fsp3) is 0.533. The molecule has 1 aromatic rings. The Morgan fingerprint density at radius 2 is 2.30 bits per heavy atom. The smallest absolute Gasteiger partial charge is 0.124 e. The van der Waals surface area contributed by atoms with E-state index >= 15 is 0 Å². The van der Waals surface area contributed by atoms with Crippen LogP contribution in [-0.2, 0) is 4.74 Å². The minimum atomic E-state index is -0.369. The van der Waals surface area contributed by atoms with Gasteiger partial charge in [0.2, 0.25) is 0 Å². The van der Waals surface area contributed by atoms with Crippen LogP contribution < -0.4 is 5.43 Å². The van der Waals surface area contributed by atoms with Gasteiger partial charge in [-0.1, -0.05) is 0 Å². The van der Waals surface area contributed by atoms with Gasteiger partial charge in [-0.05, 0) is 44.0 Å². The van der Waals surface area contributed by atoms with E-state index in [1.807, 2.05) is 26.8 Å². The van der Waals surface area contributed by atoms with Crippen molar-refractivity contribution in [3.8, 4) is 6.07 Å². The molecule has 4 nitrogen and oxygen atoms in total. The molecule has 2 unspecified atom stereocenters. The topological polar surface area (TPSA) is 48.3 Å². The number of ether oxygens (including phenoxy) is 1. The van der Waals surface area contributed by atoms with Crippen LogP contribution in [0.1, 0.15) is 36.6 Å². The molecule has 0 amide bonds. The Morgan fingerprint density at radius 3 is 2.95 bits per heavy atom. The standard InChI is InChI=1S/C15H20FN3O/c1-10-9-19(4-5-20-10)18-12(3)15-7-14(16)6-13(8-17)11(15)2/h6-7,10,12,18H,4-5,9H2,1-3H3. The number of hydrogen-bond donors (Lipinski definition) is 1. The third kappa shape index (κ3) is 3.34. The molecule has 0 saturated carbocycles. The van der Waals surface area contributed by atoms with Crippen LogP contribution in [0, 0.1) is 24.1 Å². The number of halogens is 1. The van der Waals surface area contributed by atoms with Crippen molar-refractivity contribution in [1.82, 2.24) is 10.4 Å². The maximum atomic E-state index is 13.6. The third-order valence-corrected chi connectivity index (χ3v) is 3.62. The molecule has 0 aliphatic carbocycles. The lowest BCUT2D eigenvalue weighted by Gasteiger charge is -2.34. The molecule has 1 saturated heterocycles. The van der Waals surface area contributed by atoms with Crippen molar-refractivity contribution in [1.29, 1.82) is 5.26 Å². The number of nitriles is 1. The van der Waals surface area contributed by atoms with Gasteiger partial charge in [-0.25, -0.2) is 14.8 Å². The molecule has 1 aliphatic rings. The SMILES string of the molecule is Cc1c(C#N)cc(F)cc1C(C)NN1CCOC(C)C1. The first-order chi connectivity index (χ1) is 9.51. The molecule has 0 radical (unpaired) electrons. The number of hydrazine groups is 1. The summed E-state index contributed by atoms with van der Waals surface area (Å²) >= 11 is 0. The Labute approximate surface area is 119 Å². The van der Waals surface area contributed by atoms with E-state index in [1.165, 1.54) is 12.1 Å². The van der Waals surface area contributed by atoms with Crippen molar-refractivity contribution in [3.05, 3.63) is 34.6 Å². The van der Waals surface area contributed by atoms with E-state index in [9.17, 15) is 4.39 Å². The van der Waals surface area contributed by atoms with E-state index in [0.29, 0.717) is 12.2 Å². The Kier molecular flexibility index (Phi) is 4.71. The van der Waals surface area contributed by atoms with Gasteiger partial charge in [0.1, 0.15) is 5.82 Å². The zero-order valence-corrected chi connectivity index (χ0v) is 12.1. The zero-order chi connectivity index (χ0) is 14.7. The number of nitrogens with zero attached hydrogens (tertiary/aromatic N) is 2. The van der Waals surface area contributed by atoms with Crippen molar-refractivity contribution in [2.24, 2.45) is 0 Å². The van der Waals surface area contributed by atoms with Gasteiger partial charge in [0, 0.05) is 19.1 Å². The molecule has 0 spiro atoms. The summed E-state index contributed by atoms with van der Waals surface area (Å²) in [6.45, 7) is 8.14. The highest BCUT2D eigenvalue weighted by atomic mass is 19.1. The van der Waals surface area contributed by atoms with E-state index in [1.54, 1.807) is 0 Å². The van der Waals surface area contributed by atoms with Gasteiger partial charge in [-0.3, -0.25) is 0 Å². The summed E-state index contributed by atoms with van der Waals surface area (Å²) in [5.74, 6) is -0.369. The molecule has 1 fully saturated rings. The van der Waals surface area contributed by atoms with E-state index in [4.69, 9.17) is 10.00 Å². The number of hydrogen-bond acceptors (Lipinski definition) is 4. The highest BCUT2D eigenvalue weighted by Gasteiger charge is 2.20. The average molecular weight is 277 g/mol. The van der Waals surface area contributed by atoms with Crippen LogP contribution in [0.15, 0.2) is 12.1 Å². The maximum absolute atomic E-state index is 13.6. The zero-order valence-electron chi connectivity index (χ0n) is 12.1. The van der Waals surface area contributed by atoms with E-state index in [2.05, 4.69) is 10.4 Å². The number of rotatable bonds is 3. The van der Waals surface area contributed by atoms with Crippen LogP contribution >= 0.6 is 0 Å². The van der Waals surface area contributed by atoms with Gasteiger partial charge in [0.05, 0.1) is 24.3 Å². The molecule has 2 rings (SSSR count). The quantitative estimate of drug-likeness (QED) is 0.921. The number of morpholine rings is 1. The summed E-state index contributed by atoms with van der Waals surface area (Å²) in [6, 6.07) is 4.77. The van der Waals surface area contributed by atoms with Gasteiger partial charge in [0.25, 0.3) is 0 Å². The summed E-state index contributed by atoms with van der Waals surface area (Å²) < 4.78 is 19.1. The number of benzene rings is 1. The first-order valence-electron chi connectivity index (χ1n) is 6.84. The first kappa shape index (κ1) is 14.9. The Hall–Kier alpha value is -1.48. The molecule has 5 heteroatoms. The Bertz CT molecular complexity index is 527. The summed E-state index contributed by atoms with van der Waals surface area (Å²) in [5, 5.41) is 11.1. The van der Waals surface area contributed by atoms with Crippen LogP contribution in [0.2, 0.25) is 0 Å². The average Bonchev–Trinajstić information content (AvgIpc) is 2.40. The number of nitrogens with one attached hydrogen (secondary N) is 1. The second-order valence-corrected chi connectivity index (χ2v) is 5.26. The van der Waals surface area contributed by atoms with Crippen molar-refractivity contribution in [2.45, 2.75) is 32.9 Å². The summed E-state index contributed by atoms with van der Waals surface area (Å²) in [6.07, 6.45) is 0.187. The second-order valence-electron chi connectivity index (χ2n) is 5.26. The lowest BCUT2D eigenvalue weighted by molar-refractivity contribution is -0.0431.